The number of carbonyl (C=O) groups is 2. The molecule has 0 radical (unpaired) electrons. The molecule has 0 bridgehead atoms. The molecule has 1 rings (SSSR count). The second kappa shape index (κ2) is 6.64. The monoisotopic (exact) mass is 300 g/mol. The summed E-state index contributed by atoms with van der Waals surface area (Å²) in [6.45, 7) is 12.6. The molecule has 21 heavy (non-hydrogen) atoms. The molecule has 0 spiro atoms. The zero-order chi connectivity index (χ0) is 16.3. The maximum Gasteiger partial charge on any atom is 0.410 e. The van der Waals surface area contributed by atoms with Crippen LogP contribution < -0.4 is 5.32 Å². The van der Waals surface area contributed by atoms with Crippen LogP contribution in [0.15, 0.2) is 0 Å². The van der Waals surface area contributed by atoms with Crippen molar-refractivity contribution >= 4 is 12.1 Å². The minimum Gasteiger partial charge on any atom is -0.459 e. The lowest BCUT2D eigenvalue weighted by Crippen LogP contribution is -2.41. The van der Waals surface area contributed by atoms with E-state index >= 15 is 0 Å². The van der Waals surface area contributed by atoms with Crippen LogP contribution in [-0.2, 0) is 14.3 Å². The minimum absolute atomic E-state index is 0.270. The first-order valence-corrected chi connectivity index (χ1v) is 7.42. The van der Waals surface area contributed by atoms with Crippen LogP contribution in [0.3, 0.4) is 0 Å². The van der Waals surface area contributed by atoms with Crippen molar-refractivity contribution < 1.29 is 19.1 Å². The molecule has 1 aliphatic rings. The number of ether oxygens (including phenoxy) is 2. The lowest BCUT2D eigenvalue weighted by atomic mass is 10.1. The van der Waals surface area contributed by atoms with E-state index in [1.807, 2.05) is 41.5 Å². The molecular formula is C15H28N2O4. The van der Waals surface area contributed by atoms with E-state index in [2.05, 4.69) is 5.32 Å². The van der Waals surface area contributed by atoms with Crippen molar-refractivity contribution in [2.45, 2.75) is 65.2 Å². The Bertz CT molecular complexity index is 346. The van der Waals surface area contributed by atoms with E-state index in [0.717, 1.165) is 0 Å². The van der Waals surface area contributed by atoms with Crippen molar-refractivity contribution in [2.24, 2.45) is 0 Å². The van der Waals surface area contributed by atoms with E-state index in [1.54, 1.807) is 4.90 Å². The van der Waals surface area contributed by atoms with Gasteiger partial charge in [-0.2, -0.15) is 0 Å². The van der Waals surface area contributed by atoms with Gasteiger partial charge in [-0.05, 0) is 48.0 Å². The largest absolute Gasteiger partial charge is 0.459 e. The Morgan fingerprint density at radius 1 is 1.00 bits per heavy atom. The lowest BCUT2D eigenvalue weighted by Gasteiger charge is -2.26. The Labute approximate surface area is 127 Å². The molecule has 0 aromatic heterocycles. The lowest BCUT2D eigenvalue weighted by molar-refractivity contribution is -0.157. The van der Waals surface area contributed by atoms with Gasteiger partial charge in [0.15, 0.2) is 0 Å². The van der Waals surface area contributed by atoms with Gasteiger partial charge in [0.1, 0.15) is 17.2 Å². The maximum absolute atomic E-state index is 12.1. The summed E-state index contributed by atoms with van der Waals surface area (Å²) in [4.78, 5) is 25.7. The number of nitrogens with one attached hydrogen (secondary N) is 1. The molecule has 1 N–H and O–H groups in total. The molecular weight excluding hydrogens is 272 g/mol. The molecule has 0 aromatic rings. The summed E-state index contributed by atoms with van der Waals surface area (Å²) >= 11 is 0. The van der Waals surface area contributed by atoms with Gasteiger partial charge < -0.3 is 19.7 Å². The van der Waals surface area contributed by atoms with Crippen LogP contribution in [0.1, 0.15) is 48.0 Å². The van der Waals surface area contributed by atoms with Crippen molar-refractivity contribution in [1.29, 1.82) is 0 Å². The number of esters is 1. The molecule has 0 aliphatic carbocycles. The molecule has 1 aliphatic heterocycles. The highest BCUT2D eigenvalue weighted by atomic mass is 16.6. The van der Waals surface area contributed by atoms with Crippen LogP contribution in [0.2, 0.25) is 0 Å². The summed E-state index contributed by atoms with van der Waals surface area (Å²) in [7, 11) is 0. The Hall–Kier alpha value is -1.30. The molecule has 1 unspecified atom stereocenters. The Morgan fingerprint density at radius 2 is 1.57 bits per heavy atom. The summed E-state index contributed by atoms with van der Waals surface area (Å²) < 4.78 is 10.7. The molecule has 0 aromatic carbocycles. The standard InChI is InChI=1S/C15H28N2O4/c1-14(2,3)20-12(18)11-7-9-17(10-8-16-11)13(19)21-15(4,5)6/h11,16H,7-10H2,1-6H3. The van der Waals surface area contributed by atoms with Crippen LogP contribution in [0, 0.1) is 0 Å². The van der Waals surface area contributed by atoms with Gasteiger partial charge in [-0.1, -0.05) is 0 Å². The Balaban J connectivity index is 2.54. The predicted octanol–water partition coefficient (Wildman–Crippen LogP) is 1.93. The zero-order valence-corrected chi connectivity index (χ0v) is 14.0. The first-order chi connectivity index (χ1) is 9.48. The first kappa shape index (κ1) is 17.8. The fourth-order valence-corrected chi connectivity index (χ4v) is 1.96. The summed E-state index contributed by atoms with van der Waals surface area (Å²) in [5.41, 5.74) is -1.02. The second-order valence-corrected chi connectivity index (χ2v) is 7.30. The maximum atomic E-state index is 12.1. The van der Waals surface area contributed by atoms with Crippen molar-refractivity contribution in [1.82, 2.24) is 10.2 Å². The van der Waals surface area contributed by atoms with Gasteiger partial charge in [-0.25, -0.2) is 4.79 Å². The van der Waals surface area contributed by atoms with E-state index in [9.17, 15) is 9.59 Å². The minimum atomic E-state index is -0.513. The van der Waals surface area contributed by atoms with Gasteiger partial charge in [0.25, 0.3) is 0 Å². The average Bonchev–Trinajstić information content (AvgIpc) is 2.49. The van der Waals surface area contributed by atoms with Gasteiger partial charge in [-0.15, -0.1) is 0 Å². The number of hydrogen-bond acceptors (Lipinski definition) is 5. The van der Waals surface area contributed by atoms with Crippen molar-refractivity contribution in [3.8, 4) is 0 Å². The summed E-state index contributed by atoms with van der Waals surface area (Å²) in [5, 5.41) is 3.13. The summed E-state index contributed by atoms with van der Waals surface area (Å²) in [5.74, 6) is -0.270. The molecule has 1 amide bonds. The number of nitrogens with zero attached hydrogens (tertiary/aromatic N) is 1. The molecule has 122 valence electrons. The highest BCUT2D eigenvalue weighted by Crippen LogP contribution is 2.14. The molecule has 0 saturated carbocycles. The van der Waals surface area contributed by atoms with Gasteiger partial charge in [0.05, 0.1) is 0 Å². The topological polar surface area (TPSA) is 67.9 Å². The van der Waals surface area contributed by atoms with E-state index in [0.29, 0.717) is 26.1 Å². The molecule has 1 fully saturated rings. The van der Waals surface area contributed by atoms with Gasteiger partial charge in [-0.3, -0.25) is 4.79 Å². The SMILES string of the molecule is CC(C)(C)OC(=O)C1CCN(C(=O)OC(C)(C)C)CCN1. The van der Waals surface area contributed by atoms with Crippen molar-refractivity contribution in [3.05, 3.63) is 0 Å². The molecule has 6 nitrogen and oxygen atoms in total. The van der Waals surface area contributed by atoms with Crippen LogP contribution in [0.25, 0.3) is 0 Å². The normalized spacial score (nSPS) is 20.7. The van der Waals surface area contributed by atoms with Gasteiger partial charge >= 0.3 is 12.1 Å². The van der Waals surface area contributed by atoms with Crippen LogP contribution in [-0.4, -0.2) is 53.8 Å². The van der Waals surface area contributed by atoms with Crippen LogP contribution in [0.5, 0.6) is 0 Å². The zero-order valence-electron chi connectivity index (χ0n) is 14.0. The third kappa shape index (κ3) is 6.80. The predicted molar refractivity (Wildman–Crippen MR) is 80.1 cm³/mol. The number of carbonyl (C=O) groups excluding carboxylic acids is 2. The molecule has 1 saturated heterocycles. The smallest absolute Gasteiger partial charge is 0.410 e. The fraction of sp³-hybridized carbons (Fsp3) is 0.867. The quantitative estimate of drug-likeness (QED) is 0.749. The van der Waals surface area contributed by atoms with Crippen molar-refractivity contribution in [2.75, 3.05) is 19.6 Å². The number of amides is 1. The Kier molecular flexibility index (Phi) is 5.61. The van der Waals surface area contributed by atoms with Crippen LogP contribution >= 0.6 is 0 Å². The van der Waals surface area contributed by atoms with E-state index in [1.165, 1.54) is 0 Å². The molecule has 1 atom stereocenters. The van der Waals surface area contributed by atoms with E-state index in [-0.39, 0.29) is 18.1 Å². The Morgan fingerprint density at radius 3 is 2.10 bits per heavy atom. The highest BCUT2D eigenvalue weighted by molar-refractivity contribution is 5.76. The number of rotatable bonds is 1. The molecule has 6 heteroatoms. The average molecular weight is 300 g/mol. The van der Waals surface area contributed by atoms with Gasteiger partial charge in [0, 0.05) is 19.6 Å². The third-order valence-electron chi connectivity index (χ3n) is 2.80. The highest BCUT2D eigenvalue weighted by Gasteiger charge is 2.30. The third-order valence-corrected chi connectivity index (χ3v) is 2.80. The van der Waals surface area contributed by atoms with Gasteiger partial charge in [0.2, 0.25) is 0 Å². The van der Waals surface area contributed by atoms with E-state index in [4.69, 9.17) is 9.47 Å². The van der Waals surface area contributed by atoms with Crippen LogP contribution in [0.4, 0.5) is 4.79 Å². The van der Waals surface area contributed by atoms with Crippen molar-refractivity contribution in [3.63, 3.8) is 0 Å². The molecule has 1 heterocycles. The van der Waals surface area contributed by atoms with E-state index < -0.39 is 11.2 Å². The fourth-order valence-electron chi connectivity index (χ4n) is 1.96. The summed E-state index contributed by atoms with van der Waals surface area (Å²) in [6, 6.07) is -0.378. The number of hydrogen-bond donors (Lipinski definition) is 1. The summed E-state index contributed by atoms with van der Waals surface area (Å²) in [6.07, 6.45) is 0.183. The first-order valence-electron chi connectivity index (χ1n) is 7.42. The second-order valence-electron chi connectivity index (χ2n) is 7.30.